The molecule has 4 aromatic rings. The van der Waals surface area contributed by atoms with Crippen molar-refractivity contribution in [2.75, 3.05) is 25.4 Å². The Morgan fingerprint density at radius 1 is 0.761 bits per heavy atom. The van der Waals surface area contributed by atoms with Crippen LogP contribution in [0, 0.1) is 5.92 Å². The van der Waals surface area contributed by atoms with E-state index in [4.69, 9.17) is 5.73 Å². The van der Waals surface area contributed by atoms with Gasteiger partial charge in [-0.2, -0.15) is 12.6 Å². The number of hydrogen-bond donors (Lipinski definition) is 10. The number of thiol groups is 1. The number of benzene rings is 3. The highest BCUT2D eigenvalue weighted by Gasteiger charge is 2.41. The van der Waals surface area contributed by atoms with Crippen molar-refractivity contribution in [2.45, 2.75) is 82.7 Å². The molecule has 1 aromatic heterocycles. The van der Waals surface area contributed by atoms with Gasteiger partial charge in [0, 0.05) is 43.1 Å². The molecule has 3 aromatic carbocycles. The molecule has 20 heteroatoms. The number of hydrogen-bond acceptors (Lipinski definition) is 12. The van der Waals surface area contributed by atoms with E-state index in [0.29, 0.717) is 28.6 Å². The molecule has 0 spiro atoms. The number of likely N-dealkylation sites (tertiary alicyclic amines) is 1. The minimum atomic E-state index is -1.58. The third-order valence-electron chi connectivity index (χ3n) is 11.1. The molecule has 6 atom stereocenters. The normalized spacial score (nSPS) is 15.6. The summed E-state index contributed by atoms with van der Waals surface area (Å²) in [7, 11) is 0. The van der Waals surface area contributed by atoms with E-state index in [1.165, 1.54) is 17.9 Å². The lowest BCUT2D eigenvalue weighted by Gasteiger charge is -2.32. The summed E-state index contributed by atoms with van der Waals surface area (Å²) in [5.74, 6) is -6.58. The molecule has 1 aliphatic heterocycles. The van der Waals surface area contributed by atoms with Gasteiger partial charge in [-0.15, -0.1) is 0 Å². The smallest absolute Gasteiger partial charge is 0.246 e. The summed E-state index contributed by atoms with van der Waals surface area (Å²) in [6, 6.07) is 17.4. The second-order valence-corrected chi connectivity index (χ2v) is 16.9. The number of rotatable bonds is 21. The number of amides is 8. The van der Waals surface area contributed by atoms with E-state index in [2.05, 4.69) is 49.5 Å². The Bertz CT molecular complexity index is 2440. The Balaban J connectivity index is 1.28. The van der Waals surface area contributed by atoms with Crippen molar-refractivity contribution in [1.29, 1.82) is 0 Å². The number of nitrogens with one attached hydrogen (secondary N) is 6. The highest BCUT2D eigenvalue weighted by molar-refractivity contribution is 7.80. The summed E-state index contributed by atoms with van der Waals surface area (Å²) in [4.78, 5) is 111. The molecule has 19 nitrogen and oxygen atoms in total. The SMILES string of the molecule is CC(=O)N[C@@H](Cc1ccc2c(-c3ccccc3)ccc(O)c2n1)C(=O)N[C@H](C(=O)N1CCC[C@H]1C(=O)N[C@H](CO)C(=O)N[C@@H](Cc1ccccc1)C(=O)N[C@@H](CS)C(=O)NCC(N)=O)C(C)C. The Kier molecular flexibility index (Phi) is 18.2. The van der Waals surface area contributed by atoms with Crippen molar-refractivity contribution in [3.63, 3.8) is 0 Å². The maximum absolute atomic E-state index is 14.3. The fourth-order valence-corrected chi connectivity index (χ4v) is 7.95. The van der Waals surface area contributed by atoms with E-state index in [1.54, 1.807) is 62.4 Å². The Morgan fingerprint density at radius 2 is 1.39 bits per heavy atom. The van der Waals surface area contributed by atoms with E-state index in [1.807, 2.05) is 30.3 Å². The number of primary amides is 1. The monoisotopic (exact) mass is 939 g/mol. The van der Waals surface area contributed by atoms with Gasteiger partial charge in [-0.1, -0.05) is 80.6 Å². The van der Waals surface area contributed by atoms with Crippen LogP contribution in [0.15, 0.2) is 84.9 Å². The molecule has 0 unspecified atom stereocenters. The molecule has 0 bridgehead atoms. The van der Waals surface area contributed by atoms with E-state index in [0.717, 1.165) is 11.1 Å². The summed E-state index contributed by atoms with van der Waals surface area (Å²) in [6.07, 6.45) is 0.447. The molecule has 2 heterocycles. The lowest BCUT2D eigenvalue weighted by Crippen LogP contribution is -2.61. The topological polar surface area (TPSA) is 291 Å². The van der Waals surface area contributed by atoms with Crippen molar-refractivity contribution >= 4 is 70.8 Å². The minimum Gasteiger partial charge on any atom is -0.506 e. The quantitative estimate of drug-likeness (QED) is 0.0497. The van der Waals surface area contributed by atoms with Crippen LogP contribution >= 0.6 is 12.6 Å². The van der Waals surface area contributed by atoms with Crippen LogP contribution in [0.4, 0.5) is 0 Å². The van der Waals surface area contributed by atoms with E-state index in [9.17, 15) is 48.6 Å². The Labute approximate surface area is 392 Å². The fourth-order valence-electron chi connectivity index (χ4n) is 7.70. The number of aromatic hydroxyl groups is 1. The van der Waals surface area contributed by atoms with Gasteiger partial charge >= 0.3 is 0 Å². The molecular weight excluding hydrogens is 883 g/mol. The molecule has 1 saturated heterocycles. The largest absolute Gasteiger partial charge is 0.506 e. The second-order valence-electron chi connectivity index (χ2n) is 16.5. The van der Waals surface area contributed by atoms with Crippen molar-refractivity contribution in [3.8, 4) is 16.9 Å². The van der Waals surface area contributed by atoms with Crippen LogP contribution in [0.25, 0.3) is 22.0 Å². The van der Waals surface area contributed by atoms with Gasteiger partial charge in [-0.25, -0.2) is 4.98 Å². The molecule has 0 radical (unpaired) electrons. The predicted molar refractivity (Wildman–Crippen MR) is 251 cm³/mol. The molecule has 8 amide bonds. The first-order valence-electron chi connectivity index (χ1n) is 21.8. The summed E-state index contributed by atoms with van der Waals surface area (Å²) in [5, 5.41) is 37.0. The molecule has 1 fully saturated rings. The first-order chi connectivity index (χ1) is 32.0. The molecule has 67 heavy (non-hydrogen) atoms. The van der Waals surface area contributed by atoms with Crippen LogP contribution in [0.2, 0.25) is 0 Å². The highest BCUT2D eigenvalue weighted by atomic mass is 32.1. The van der Waals surface area contributed by atoms with Crippen LogP contribution in [-0.2, 0) is 51.2 Å². The number of carbonyl (C=O) groups excluding carboxylic acids is 8. The van der Waals surface area contributed by atoms with Gasteiger partial charge in [0.05, 0.1) is 13.2 Å². The lowest BCUT2D eigenvalue weighted by atomic mass is 9.99. The van der Waals surface area contributed by atoms with Gasteiger partial charge in [-0.3, -0.25) is 38.4 Å². The van der Waals surface area contributed by atoms with Crippen LogP contribution in [0.1, 0.15) is 44.9 Å². The maximum atomic E-state index is 14.3. The molecule has 356 valence electrons. The Hall–Kier alpha value is -7.06. The van der Waals surface area contributed by atoms with E-state index < -0.39 is 103 Å². The van der Waals surface area contributed by atoms with Gasteiger partial charge in [0.2, 0.25) is 47.3 Å². The minimum absolute atomic E-state index is 0.0549. The van der Waals surface area contributed by atoms with Crippen molar-refractivity contribution < 1.29 is 48.6 Å². The predicted octanol–water partition coefficient (Wildman–Crippen LogP) is 0.00710. The summed E-state index contributed by atoms with van der Waals surface area (Å²) < 4.78 is 0. The van der Waals surface area contributed by atoms with Crippen LogP contribution in [-0.4, -0.2) is 129 Å². The summed E-state index contributed by atoms with van der Waals surface area (Å²) in [6.45, 7) is 3.43. The zero-order valence-electron chi connectivity index (χ0n) is 37.4. The van der Waals surface area contributed by atoms with E-state index in [-0.39, 0.29) is 37.3 Å². The van der Waals surface area contributed by atoms with E-state index >= 15 is 0 Å². The number of phenolic OH excluding ortho intramolecular Hbond substituents is 1. The van der Waals surface area contributed by atoms with Crippen LogP contribution in [0.5, 0.6) is 5.75 Å². The molecule has 1 aliphatic rings. The fraction of sp³-hybridized carbons (Fsp3) is 0.383. The zero-order valence-corrected chi connectivity index (χ0v) is 38.3. The Morgan fingerprint density at radius 3 is 2.01 bits per heavy atom. The molecule has 0 saturated carbocycles. The van der Waals surface area contributed by atoms with Gasteiger partial charge < -0.3 is 52.7 Å². The summed E-state index contributed by atoms with van der Waals surface area (Å²) in [5.41, 5.74) is 8.18. The molecule has 10 N–H and O–H groups in total. The number of aromatic nitrogens is 1. The summed E-state index contributed by atoms with van der Waals surface area (Å²) >= 11 is 4.13. The number of fused-ring (bicyclic) bond motifs is 1. The average molecular weight is 940 g/mol. The number of nitrogens with two attached hydrogens (primary N) is 1. The maximum Gasteiger partial charge on any atom is 0.246 e. The zero-order chi connectivity index (χ0) is 48.8. The molecular formula is C47H57N9O10S. The van der Waals surface area contributed by atoms with Gasteiger partial charge in [-0.05, 0) is 53.6 Å². The number of carbonyl (C=O) groups is 8. The molecule has 0 aliphatic carbocycles. The third kappa shape index (κ3) is 13.7. The van der Waals surface area contributed by atoms with Crippen LogP contribution in [0.3, 0.4) is 0 Å². The van der Waals surface area contributed by atoms with Gasteiger partial charge in [0.15, 0.2) is 0 Å². The van der Waals surface area contributed by atoms with Crippen molar-refractivity contribution in [3.05, 3.63) is 96.2 Å². The number of aliphatic hydroxyl groups excluding tert-OH is 1. The highest BCUT2D eigenvalue weighted by Crippen LogP contribution is 2.33. The first kappa shape index (κ1) is 50.9. The average Bonchev–Trinajstić information content (AvgIpc) is 3.81. The third-order valence-corrected chi connectivity index (χ3v) is 11.5. The first-order valence-corrected chi connectivity index (χ1v) is 22.4. The standard InChI is InChI=1S/C47H57N9O10S/c1-26(2)40(55-44(63)34(50-27(3)58)22-30-16-17-32-31(29-13-8-5-9-14-29)18-19-38(59)41(32)51-30)47(66)56-20-10-15-37(56)46(65)53-35(24-57)45(64)52-33(21-28-11-6-4-7-12-28)43(62)54-36(25-67)42(61)49-23-39(48)60/h4-9,11-14,16-19,26,33-37,40,57,59,67H,10,15,20-25H2,1-3H3,(H2,48,60)(H,49,61)(H,50,58)(H,52,64)(H,53,65)(H,54,62)(H,55,63)/t33-,34-,35+,36-,37-,40-/m0/s1. The van der Waals surface area contributed by atoms with Crippen LogP contribution < -0.4 is 37.6 Å². The van der Waals surface area contributed by atoms with Gasteiger partial charge in [0.25, 0.3) is 0 Å². The number of phenols is 1. The van der Waals surface area contributed by atoms with Crippen molar-refractivity contribution in [1.82, 2.24) is 41.8 Å². The number of aliphatic hydroxyl groups is 1. The number of pyridine rings is 1. The second kappa shape index (κ2) is 23.9. The van der Waals surface area contributed by atoms with Crippen molar-refractivity contribution in [2.24, 2.45) is 11.7 Å². The lowest BCUT2D eigenvalue weighted by molar-refractivity contribution is -0.143. The number of nitrogens with zero attached hydrogens (tertiary/aromatic N) is 2. The molecule has 5 rings (SSSR count). The van der Waals surface area contributed by atoms with Gasteiger partial charge in [0.1, 0.15) is 47.5 Å².